The summed E-state index contributed by atoms with van der Waals surface area (Å²) in [6.07, 6.45) is 3.82. The summed E-state index contributed by atoms with van der Waals surface area (Å²) < 4.78 is 12.4. The highest BCUT2D eigenvalue weighted by atomic mass is 16.5. The van der Waals surface area contributed by atoms with E-state index in [9.17, 15) is 0 Å². The van der Waals surface area contributed by atoms with Crippen molar-refractivity contribution >= 4 is 12.4 Å². The van der Waals surface area contributed by atoms with E-state index < -0.39 is 0 Å². The van der Waals surface area contributed by atoms with E-state index in [0.717, 1.165) is 44.9 Å². The molecule has 3 heterocycles. The van der Waals surface area contributed by atoms with Gasteiger partial charge in [0.1, 0.15) is 24.7 Å². The second kappa shape index (κ2) is 13.9. The minimum Gasteiger partial charge on any atom is -0.489 e. The smallest absolute Gasteiger partial charge is 0.120 e. The van der Waals surface area contributed by atoms with Crippen molar-refractivity contribution in [3.05, 3.63) is 179 Å². The van der Waals surface area contributed by atoms with E-state index in [4.69, 9.17) is 19.5 Å². The Morgan fingerprint density at radius 1 is 0.391 bits per heavy atom. The Bertz CT molecular complexity index is 1850. The molecule has 0 N–H and O–H groups in total. The van der Waals surface area contributed by atoms with Gasteiger partial charge in [0.2, 0.25) is 0 Å². The van der Waals surface area contributed by atoms with E-state index in [1.807, 2.05) is 73.1 Å². The molecule has 224 valence electrons. The standard InChI is InChI=1S/C42H34N2O2/c1-2-9-40-30-46-42-13-4-7-34(23-42)28-44-26-32-16-20-36(21-17-32)38-11-5-10-37(24-38)35-18-14-31(15-19-35)25-43-27-33-6-3-12-41(22-33)45-29-39(40)8-1/h1-24,27-28H,25-26,29-30H2. The zero-order valence-electron chi connectivity index (χ0n) is 25.6. The van der Waals surface area contributed by atoms with Crippen molar-refractivity contribution in [3.63, 3.8) is 0 Å². The van der Waals surface area contributed by atoms with Gasteiger partial charge in [-0.05, 0) is 86.0 Å². The molecule has 3 aliphatic rings. The van der Waals surface area contributed by atoms with Crippen LogP contribution in [-0.2, 0) is 26.3 Å². The first-order chi connectivity index (χ1) is 22.7. The molecular weight excluding hydrogens is 564 g/mol. The number of benzene rings is 6. The monoisotopic (exact) mass is 598 g/mol. The topological polar surface area (TPSA) is 43.2 Å². The van der Waals surface area contributed by atoms with Crippen molar-refractivity contribution in [2.45, 2.75) is 26.3 Å². The van der Waals surface area contributed by atoms with Gasteiger partial charge in [-0.25, -0.2) is 0 Å². The van der Waals surface area contributed by atoms with Crippen LogP contribution in [0.15, 0.2) is 156 Å². The fraction of sp³-hybridized carbons (Fsp3) is 0.0952. The third kappa shape index (κ3) is 7.31. The van der Waals surface area contributed by atoms with Crippen LogP contribution in [0.1, 0.15) is 33.4 Å². The van der Waals surface area contributed by atoms with Crippen molar-refractivity contribution < 1.29 is 9.47 Å². The van der Waals surface area contributed by atoms with Crippen molar-refractivity contribution in [2.75, 3.05) is 0 Å². The zero-order chi connectivity index (χ0) is 31.0. The summed E-state index contributed by atoms with van der Waals surface area (Å²) in [5.74, 6) is 1.61. The molecule has 0 aromatic heterocycles. The van der Waals surface area contributed by atoms with E-state index in [1.165, 1.54) is 22.3 Å². The van der Waals surface area contributed by atoms with Crippen LogP contribution in [0.3, 0.4) is 0 Å². The largest absolute Gasteiger partial charge is 0.489 e. The summed E-state index contributed by atoms with van der Waals surface area (Å²) in [5.41, 5.74) is 11.3. The quantitative estimate of drug-likeness (QED) is 0.175. The first kappa shape index (κ1) is 29.0. The Hall–Kier alpha value is -5.74. The van der Waals surface area contributed by atoms with E-state index in [-0.39, 0.29) is 0 Å². The van der Waals surface area contributed by atoms with Crippen LogP contribution in [0.25, 0.3) is 22.3 Å². The van der Waals surface area contributed by atoms with Crippen LogP contribution < -0.4 is 9.47 Å². The Morgan fingerprint density at radius 2 is 0.848 bits per heavy atom. The third-order valence-corrected chi connectivity index (χ3v) is 8.09. The molecule has 0 radical (unpaired) electrons. The number of nitrogens with zero attached hydrogens (tertiary/aromatic N) is 2. The molecule has 6 aromatic carbocycles. The van der Waals surface area contributed by atoms with Gasteiger partial charge in [0, 0.05) is 12.4 Å². The van der Waals surface area contributed by atoms with Crippen molar-refractivity contribution in [3.8, 4) is 33.8 Å². The Kier molecular flexibility index (Phi) is 8.77. The lowest BCUT2D eigenvalue weighted by Crippen LogP contribution is -2.04. The minimum atomic E-state index is 0.447. The summed E-state index contributed by atoms with van der Waals surface area (Å²) in [5, 5.41) is 0. The van der Waals surface area contributed by atoms with Gasteiger partial charge in [-0.2, -0.15) is 0 Å². The predicted molar refractivity (Wildman–Crippen MR) is 188 cm³/mol. The van der Waals surface area contributed by atoms with Crippen molar-refractivity contribution in [2.24, 2.45) is 9.98 Å². The molecule has 46 heavy (non-hydrogen) atoms. The first-order valence-electron chi connectivity index (χ1n) is 15.6. The minimum absolute atomic E-state index is 0.447. The van der Waals surface area contributed by atoms with Gasteiger partial charge in [0.15, 0.2) is 0 Å². The maximum Gasteiger partial charge on any atom is 0.120 e. The highest BCUT2D eigenvalue weighted by molar-refractivity contribution is 5.81. The van der Waals surface area contributed by atoms with E-state index in [1.54, 1.807) is 0 Å². The lowest BCUT2D eigenvalue weighted by molar-refractivity contribution is 0.285. The van der Waals surface area contributed by atoms with E-state index in [0.29, 0.717) is 26.3 Å². The molecule has 0 fully saturated rings. The van der Waals surface area contributed by atoms with Crippen LogP contribution in [0.4, 0.5) is 0 Å². The Morgan fingerprint density at radius 3 is 1.33 bits per heavy atom. The maximum atomic E-state index is 6.21. The van der Waals surface area contributed by atoms with E-state index >= 15 is 0 Å². The number of aliphatic imine (C=N–C) groups is 2. The van der Waals surface area contributed by atoms with Gasteiger partial charge in [-0.1, -0.05) is 115 Å². The molecule has 4 heteroatoms. The lowest BCUT2D eigenvalue weighted by atomic mass is 9.98. The molecule has 9 rings (SSSR count). The highest BCUT2D eigenvalue weighted by Crippen LogP contribution is 2.27. The fourth-order valence-corrected chi connectivity index (χ4v) is 5.53. The van der Waals surface area contributed by atoms with Gasteiger partial charge in [-0.3, -0.25) is 9.98 Å². The summed E-state index contributed by atoms with van der Waals surface area (Å²) in [7, 11) is 0. The molecule has 0 saturated carbocycles. The molecule has 0 amide bonds. The lowest BCUT2D eigenvalue weighted by Gasteiger charge is -2.13. The molecule has 0 atom stereocenters. The van der Waals surface area contributed by atoms with Crippen LogP contribution in [0.5, 0.6) is 11.5 Å². The van der Waals surface area contributed by atoms with Crippen molar-refractivity contribution in [1.82, 2.24) is 0 Å². The fourth-order valence-electron chi connectivity index (χ4n) is 5.53. The molecule has 0 aliphatic carbocycles. The van der Waals surface area contributed by atoms with Crippen molar-refractivity contribution in [1.29, 1.82) is 0 Å². The number of rotatable bonds is 0. The molecule has 4 nitrogen and oxygen atoms in total. The van der Waals surface area contributed by atoms with Gasteiger partial charge >= 0.3 is 0 Å². The van der Waals surface area contributed by atoms with Crippen LogP contribution in [0, 0.1) is 0 Å². The number of fused-ring (bicyclic) bond motifs is 2. The molecular formula is C42H34N2O2. The number of hydrogen-bond acceptors (Lipinski definition) is 4. The van der Waals surface area contributed by atoms with Crippen LogP contribution in [-0.4, -0.2) is 12.4 Å². The van der Waals surface area contributed by atoms with E-state index in [2.05, 4.69) is 84.9 Å². The number of hydrogen-bond donors (Lipinski definition) is 0. The van der Waals surface area contributed by atoms with Crippen LogP contribution in [0.2, 0.25) is 0 Å². The summed E-state index contributed by atoms with van der Waals surface area (Å²) in [6.45, 7) is 2.11. The predicted octanol–water partition coefficient (Wildman–Crippen LogP) is 9.73. The van der Waals surface area contributed by atoms with Gasteiger partial charge in [0.05, 0.1) is 13.1 Å². The van der Waals surface area contributed by atoms with Crippen LogP contribution >= 0.6 is 0 Å². The normalized spacial score (nSPS) is 13.0. The van der Waals surface area contributed by atoms with Gasteiger partial charge < -0.3 is 9.47 Å². The second-order valence-corrected chi connectivity index (χ2v) is 11.4. The third-order valence-electron chi connectivity index (χ3n) is 8.09. The summed E-state index contributed by atoms with van der Waals surface area (Å²) >= 11 is 0. The average Bonchev–Trinajstić information content (AvgIpc) is 3.11. The first-order valence-corrected chi connectivity index (χ1v) is 15.6. The molecule has 0 spiro atoms. The highest BCUT2D eigenvalue weighted by Gasteiger charge is 2.07. The van der Waals surface area contributed by atoms with Gasteiger partial charge in [0.25, 0.3) is 0 Å². The molecule has 3 aliphatic heterocycles. The molecule has 0 saturated heterocycles. The second-order valence-electron chi connectivity index (χ2n) is 11.4. The number of ether oxygens (including phenoxy) is 2. The Balaban J connectivity index is 1.17. The maximum absolute atomic E-state index is 6.21. The SMILES string of the molecule is C1=NCc2ccc(cc2)-c2cccc(c2)-c2ccc(cc2)CN=Cc2cccc(c2)OCc2ccccc2COc2cccc1c2. The average molecular weight is 599 g/mol. The zero-order valence-corrected chi connectivity index (χ0v) is 25.6. The summed E-state index contributed by atoms with van der Waals surface area (Å²) in [6, 6.07) is 50.3. The van der Waals surface area contributed by atoms with Gasteiger partial charge in [-0.15, -0.1) is 0 Å². The molecule has 6 aromatic rings. The summed E-state index contributed by atoms with van der Waals surface area (Å²) in [4.78, 5) is 9.43. The molecule has 0 unspecified atom stereocenters. The Labute approximate surface area is 270 Å². The molecule has 10 bridgehead atoms.